The summed E-state index contributed by atoms with van der Waals surface area (Å²) < 4.78 is 40.8. The molecule has 2 aromatic rings. The van der Waals surface area contributed by atoms with Gasteiger partial charge >= 0.3 is 6.36 Å². The van der Waals surface area contributed by atoms with Crippen molar-refractivity contribution in [3.05, 3.63) is 64.7 Å². The standard InChI is InChI=1S/C18H17F3O/c1-12-2-4-13(5-3-12)14-6-7-16-11-17(22-18(19,20)21)9-8-15(16)10-14/h2-5,8-9,11,14H,6-7,10H2,1H3. The Balaban J connectivity index is 1.78. The topological polar surface area (TPSA) is 9.23 Å². The second-order valence-electron chi connectivity index (χ2n) is 5.83. The Morgan fingerprint density at radius 1 is 1.00 bits per heavy atom. The summed E-state index contributed by atoms with van der Waals surface area (Å²) in [7, 11) is 0. The summed E-state index contributed by atoms with van der Waals surface area (Å²) in [5.74, 6) is 0.308. The number of hydrogen-bond acceptors (Lipinski definition) is 1. The number of rotatable bonds is 2. The van der Waals surface area contributed by atoms with Crippen LogP contribution in [0.15, 0.2) is 42.5 Å². The molecule has 0 fully saturated rings. The van der Waals surface area contributed by atoms with Gasteiger partial charge in [-0.2, -0.15) is 0 Å². The summed E-state index contributed by atoms with van der Waals surface area (Å²) in [5.41, 5.74) is 4.61. The SMILES string of the molecule is Cc1ccc(C2CCc3cc(OC(F)(F)F)ccc3C2)cc1. The molecule has 0 aromatic heterocycles. The van der Waals surface area contributed by atoms with Gasteiger partial charge in [-0.25, -0.2) is 0 Å². The van der Waals surface area contributed by atoms with Crippen LogP contribution in [0, 0.1) is 6.92 Å². The minimum absolute atomic E-state index is 0.125. The third kappa shape index (κ3) is 3.43. The fourth-order valence-corrected chi connectivity index (χ4v) is 3.05. The first-order valence-electron chi connectivity index (χ1n) is 7.35. The summed E-state index contributed by atoms with van der Waals surface area (Å²) in [6.07, 6.45) is -2.04. The third-order valence-electron chi connectivity index (χ3n) is 4.19. The Labute approximate surface area is 127 Å². The molecule has 0 spiro atoms. The van der Waals surface area contributed by atoms with Crippen molar-refractivity contribution in [1.29, 1.82) is 0 Å². The van der Waals surface area contributed by atoms with Crippen LogP contribution in [0.1, 0.15) is 34.6 Å². The van der Waals surface area contributed by atoms with Crippen molar-refractivity contribution in [1.82, 2.24) is 0 Å². The maximum atomic E-state index is 12.3. The van der Waals surface area contributed by atoms with Crippen molar-refractivity contribution in [3.63, 3.8) is 0 Å². The van der Waals surface area contributed by atoms with Gasteiger partial charge in [-0.1, -0.05) is 35.9 Å². The number of benzene rings is 2. The van der Waals surface area contributed by atoms with Crippen molar-refractivity contribution in [2.24, 2.45) is 0 Å². The highest BCUT2D eigenvalue weighted by Crippen LogP contribution is 2.35. The van der Waals surface area contributed by atoms with Gasteiger partial charge in [0.05, 0.1) is 0 Å². The third-order valence-corrected chi connectivity index (χ3v) is 4.19. The lowest BCUT2D eigenvalue weighted by molar-refractivity contribution is -0.274. The highest BCUT2D eigenvalue weighted by atomic mass is 19.4. The second kappa shape index (κ2) is 5.67. The predicted octanol–water partition coefficient (Wildman–Crippen LogP) is 5.17. The van der Waals surface area contributed by atoms with Crippen LogP contribution in [0.4, 0.5) is 13.2 Å². The molecule has 0 saturated heterocycles. The van der Waals surface area contributed by atoms with Gasteiger partial charge in [0.2, 0.25) is 0 Å². The molecule has 2 aromatic carbocycles. The lowest BCUT2D eigenvalue weighted by Crippen LogP contribution is -2.18. The van der Waals surface area contributed by atoms with Crippen molar-refractivity contribution in [3.8, 4) is 5.75 Å². The van der Waals surface area contributed by atoms with E-state index in [1.54, 1.807) is 6.07 Å². The van der Waals surface area contributed by atoms with Gasteiger partial charge in [0.1, 0.15) is 5.75 Å². The van der Waals surface area contributed by atoms with Crippen LogP contribution >= 0.6 is 0 Å². The molecule has 3 rings (SSSR count). The Bertz CT molecular complexity index is 659. The molecule has 0 N–H and O–H groups in total. The Morgan fingerprint density at radius 2 is 1.73 bits per heavy atom. The highest BCUT2D eigenvalue weighted by molar-refractivity contribution is 5.39. The average molecular weight is 306 g/mol. The molecular weight excluding hydrogens is 289 g/mol. The fraction of sp³-hybridized carbons (Fsp3) is 0.333. The zero-order valence-corrected chi connectivity index (χ0v) is 12.3. The van der Waals surface area contributed by atoms with E-state index >= 15 is 0 Å². The van der Waals surface area contributed by atoms with Gasteiger partial charge in [-0.05, 0) is 60.9 Å². The lowest BCUT2D eigenvalue weighted by atomic mass is 9.80. The molecule has 0 bridgehead atoms. The Kier molecular flexibility index (Phi) is 3.85. The molecule has 0 saturated carbocycles. The largest absolute Gasteiger partial charge is 0.573 e. The second-order valence-corrected chi connectivity index (χ2v) is 5.83. The predicted molar refractivity (Wildman–Crippen MR) is 79.1 cm³/mol. The van der Waals surface area contributed by atoms with Gasteiger partial charge in [-0.3, -0.25) is 0 Å². The first-order chi connectivity index (χ1) is 10.4. The van der Waals surface area contributed by atoms with Crippen molar-refractivity contribution in [2.45, 2.75) is 38.5 Å². The van der Waals surface area contributed by atoms with Crippen LogP contribution in [-0.2, 0) is 12.8 Å². The van der Waals surface area contributed by atoms with E-state index < -0.39 is 6.36 Å². The minimum atomic E-state index is -4.63. The van der Waals surface area contributed by atoms with Crippen LogP contribution in [0.25, 0.3) is 0 Å². The van der Waals surface area contributed by atoms with Crippen LogP contribution in [0.5, 0.6) is 5.75 Å². The van der Waals surface area contributed by atoms with E-state index in [0.717, 1.165) is 30.4 Å². The molecular formula is C18H17F3O. The zero-order chi connectivity index (χ0) is 15.7. The number of halogens is 3. The fourth-order valence-electron chi connectivity index (χ4n) is 3.05. The zero-order valence-electron chi connectivity index (χ0n) is 12.3. The lowest BCUT2D eigenvalue weighted by Gasteiger charge is -2.25. The monoisotopic (exact) mass is 306 g/mol. The van der Waals surface area contributed by atoms with Crippen molar-refractivity contribution in [2.75, 3.05) is 0 Å². The summed E-state index contributed by atoms with van der Waals surface area (Å²) in [6, 6.07) is 13.2. The van der Waals surface area contributed by atoms with Crippen LogP contribution in [0.3, 0.4) is 0 Å². The summed E-state index contributed by atoms with van der Waals surface area (Å²) in [4.78, 5) is 0. The number of hydrogen-bond donors (Lipinski definition) is 0. The molecule has 1 aliphatic carbocycles. The van der Waals surface area contributed by atoms with E-state index in [1.165, 1.54) is 23.3 Å². The summed E-state index contributed by atoms with van der Waals surface area (Å²) in [6.45, 7) is 2.06. The molecule has 4 heteroatoms. The molecule has 22 heavy (non-hydrogen) atoms. The number of fused-ring (bicyclic) bond motifs is 1. The maximum Gasteiger partial charge on any atom is 0.573 e. The smallest absolute Gasteiger partial charge is 0.406 e. The van der Waals surface area contributed by atoms with E-state index in [9.17, 15) is 13.2 Å². The summed E-state index contributed by atoms with van der Waals surface area (Å²) >= 11 is 0. The first-order valence-corrected chi connectivity index (χ1v) is 7.35. The molecule has 0 radical (unpaired) electrons. The minimum Gasteiger partial charge on any atom is -0.406 e. The normalized spacial score (nSPS) is 17.9. The molecule has 0 amide bonds. The van der Waals surface area contributed by atoms with Gasteiger partial charge < -0.3 is 4.74 Å². The molecule has 0 heterocycles. The number of alkyl halides is 3. The first kappa shape index (κ1) is 14.9. The van der Waals surface area contributed by atoms with Crippen LogP contribution in [-0.4, -0.2) is 6.36 Å². The quantitative estimate of drug-likeness (QED) is 0.744. The molecule has 0 aliphatic heterocycles. The van der Waals surface area contributed by atoms with E-state index in [4.69, 9.17) is 0 Å². The molecule has 1 unspecified atom stereocenters. The molecule has 116 valence electrons. The van der Waals surface area contributed by atoms with Gasteiger partial charge in [-0.15, -0.1) is 13.2 Å². The Hall–Kier alpha value is -1.97. The van der Waals surface area contributed by atoms with Crippen LogP contribution < -0.4 is 4.74 Å². The number of ether oxygens (including phenoxy) is 1. The van der Waals surface area contributed by atoms with Crippen molar-refractivity contribution < 1.29 is 17.9 Å². The molecule has 1 nitrogen and oxygen atoms in total. The van der Waals surface area contributed by atoms with Gasteiger partial charge in [0.15, 0.2) is 0 Å². The van der Waals surface area contributed by atoms with Gasteiger partial charge in [0, 0.05) is 0 Å². The van der Waals surface area contributed by atoms with Crippen LogP contribution in [0.2, 0.25) is 0 Å². The molecule has 1 atom stereocenters. The van der Waals surface area contributed by atoms with E-state index in [-0.39, 0.29) is 5.75 Å². The van der Waals surface area contributed by atoms with E-state index in [1.807, 2.05) is 0 Å². The van der Waals surface area contributed by atoms with Gasteiger partial charge in [0.25, 0.3) is 0 Å². The van der Waals surface area contributed by atoms with E-state index in [2.05, 4.69) is 35.9 Å². The van der Waals surface area contributed by atoms with E-state index in [0.29, 0.717) is 5.92 Å². The van der Waals surface area contributed by atoms with Crippen molar-refractivity contribution >= 4 is 0 Å². The highest BCUT2D eigenvalue weighted by Gasteiger charge is 2.31. The Morgan fingerprint density at radius 3 is 2.41 bits per heavy atom. The average Bonchev–Trinajstić information content (AvgIpc) is 2.46. The maximum absolute atomic E-state index is 12.3. The summed E-state index contributed by atoms with van der Waals surface area (Å²) in [5, 5.41) is 0. The molecule has 1 aliphatic rings. The number of aryl methyl sites for hydroxylation is 2.